The first kappa shape index (κ1) is 20.3. The van der Waals surface area contributed by atoms with Crippen LogP contribution < -0.4 is 15.8 Å². The van der Waals surface area contributed by atoms with Crippen LogP contribution in [0.4, 0.5) is 0 Å². The van der Waals surface area contributed by atoms with Crippen LogP contribution in [0, 0.1) is 5.92 Å². The zero-order valence-corrected chi connectivity index (χ0v) is 14.6. The molecule has 0 radical (unpaired) electrons. The smallest absolute Gasteiger partial charge is 0.260 e. The summed E-state index contributed by atoms with van der Waals surface area (Å²) in [5.41, 5.74) is 5.42. The summed E-state index contributed by atoms with van der Waals surface area (Å²) in [6.45, 7) is 2.31. The molecule has 0 bridgehead atoms. The van der Waals surface area contributed by atoms with E-state index in [-0.39, 0.29) is 36.7 Å². The van der Waals surface area contributed by atoms with Gasteiger partial charge in [-0.05, 0) is 37.9 Å². The van der Waals surface area contributed by atoms with Crippen LogP contribution in [0.1, 0.15) is 19.3 Å². The normalized spacial score (nSPS) is 16.9. The number of para-hydroxylation sites is 1. The van der Waals surface area contributed by atoms with Crippen LogP contribution in [0.15, 0.2) is 30.3 Å². The number of carbonyl (C=O) groups is 2. The Morgan fingerprint density at radius 2 is 2.04 bits per heavy atom. The number of hydrogen-bond donors (Lipinski definition) is 2. The quantitative estimate of drug-likeness (QED) is 0.719. The Bertz CT molecular complexity index is 513. The fourth-order valence-corrected chi connectivity index (χ4v) is 2.63. The van der Waals surface area contributed by atoms with Gasteiger partial charge >= 0.3 is 0 Å². The molecule has 2 amide bonds. The summed E-state index contributed by atoms with van der Waals surface area (Å²) in [4.78, 5) is 26.1. The molecule has 134 valence electrons. The molecule has 3 N–H and O–H groups in total. The van der Waals surface area contributed by atoms with Gasteiger partial charge in [-0.2, -0.15) is 0 Å². The van der Waals surface area contributed by atoms with Crippen molar-refractivity contribution in [3.8, 4) is 5.75 Å². The number of likely N-dealkylation sites (tertiary alicyclic amines) is 1. The van der Waals surface area contributed by atoms with Gasteiger partial charge in [0.1, 0.15) is 5.75 Å². The fourth-order valence-electron chi connectivity index (χ4n) is 2.63. The van der Waals surface area contributed by atoms with E-state index < -0.39 is 0 Å². The van der Waals surface area contributed by atoms with Gasteiger partial charge in [-0.25, -0.2) is 0 Å². The lowest BCUT2D eigenvalue weighted by atomic mass is 9.97. The number of nitrogens with one attached hydrogen (secondary N) is 1. The van der Waals surface area contributed by atoms with Crippen molar-refractivity contribution in [2.45, 2.75) is 19.3 Å². The van der Waals surface area contributed by atoms with Crippen molar-refractivity contribution in [3.05, 3.63) is 30.3 Å². The minimum atomic E-state index is -0.137. The fraction of sp³-hybridized carbons (Fsp3) is 0.529. The van der Waals surface area contributed by atoms with E-state index in [9.17, 15) is 9.59 Å². The summed E-state index contributed by atoms with van der Waals surface area (Å²) in [7, 11) is 0. The Hall–Kier alpha value is -1.79. The Balaban J connectivity index is 0.00000288. The maximum atomic E-state index is 12.3. The third-order valence-corrected chi connectivity index (χ3v) is 3.93. The van der Waals surface area contributed by atoms with Crippen molar-refractivity contribution in [2.75, 3.05) is 32.8 Å². The first-order valence-corrected chi connectivity index (χ1v) is 8.14. The Labute approximate surface area is 149 Å². The number of hydrogen-bond acceptors (Lipinski definition) is 4. The van der Waals surface area contributed by atoms with Crippen molar-refractivity contribution in [1.29, 1.82) is 0 Å². The maximum absolute atomic E-state index is 12.3. The lowest BCUT2D eigenvalue weighted by molar-refractivity contribution is -0.137. The SMILES string of the molecule is Cl.NCCCNC(=O)C1CCCN(C(=O)COc2ccccc2)C1. The number of benzene rings is 1. The summed E-state index contributed by atoms with van der Waals surface area (Å²) in [5, 5.41) is 2.88. The number of ether oxygens (including phenoxy) is 1. The molecule has 1 heterocycles. The molecule has 6 nitrogen and oxygen atoms in total. The number of halogens is 1. The topological polar surface area (TPSA) is 84.7 Å². The lowest BCUT2D eigenvalue weighted by Gasteiger charge is -2.32. The van der Waals surface area contributed by atoms with Crippen molar-refractivity contribution in [3.63, 3.8) is 0 Å². The molecule has 1 aromatic rings. The molecular formula is C17H26ClN3O3. The van der Waals surface area contributed by atoms with Crippen LogP contribution in [0.3, 0.4) is 0 Å². The van der Waals surface area contributed by atoms with Crippen LogP contribution in [-0.4, -0.2) is 49.5 Å². The average Bonchev–Trinajstić information content (AvgIpc) is 2.61. The van der Waals surface area contributed by atoms with E-state index in [1.165, 1.54) is 0 Å². The van der Waals surface area contributed by atoms with Crippen molar-refractivity contribution in [2.24, 2.45) is 11.7 Å². The monoisotopic (exact) mass is 355 g/mol. The van der Waals surface area contributed by atoms with E-state index in [2.05, 4.69) is 5.32 Å². The summed E-state index contributed by atoms with van der Waals surface area (Å²) in [5.74, 6) is 0.476. The van der Waals surface area contributed by atoms with Gasteiger partial charge in [0.15, 0.2) is 6.61 Å². The molecule has 24 heavy (non-hydrogen) atoms. The predicted molar refractivity (Wildman–Crippen MR) is 95.2 cm³/mol. The molecule has 1 aliphatic rings. The number of nitrogens with zero attached hydrogens (tertiary/aromatic N) is 1. The summed E-state index contributed by atoms with van der Waals surface area (Å²) >= 11 is 0. The number of carbonyl (C=O) groups excluding carboxylic acids is 2. The number of piperidine rings is 1. The summed E-state index contributed by atoms with van der Waals surface area (Å²) < 4.78 is 5.49. The molecule has 7 heteroatoms. The molecular weight excluding hydrogens is 330 g/mol. The summed E-state index contributed by atoms with van der Waals surface area (Å²) in [6.07, 6.45) is 2.43. The Kier molecular flexibility index (Phi) is 9.19. The van der Waals surface area contributed by atoms with Crippen LogP contribution in [0.2, 0.25) is 0 Å². The molecule has 1 unspecified atom stereocenters. The van der Waals surface area contributed by atoms with Gasteiger partial charge in [0, 0.05) is 19.6 Å². The highest BCUT2D eigenvalue weighted by atomic mass is 35.5. The molecule has 0 aliphatic carbocycles. The van der Waals surface area contributed by atoms with Gasteiger partial charge in [-0.15, -0.1) is 12.4 Å². The van der Waals surface area contributed by atoms with Crippen molar-refractivity contribution < 1.29 is 14.3 Å². The molecule has 1 saturated heterocycles. The van der Waals surface area contributed by atoms with Gasteiger partial charge < -0.3 is 20.7 Å². The van der Waals surface area contributed by atoms with Gasteiger partial charge in [0.25, 0.3) is 5.91 Å². The largest absolute Gasteiger partial charge is 0.484 e. The second kappa shape index (κ2) is 10.9. The molecule has 0 saturated carbocycles. The molecule has 1 atom stereocenters. The van der Waals surface area contributed by atoms with E-state index in [1.54, 1.807) is 4.90 Å². The molecule has 2 rings (SSSR count). The zero-order valence-electron chi connectivity index (χ0n) is 13.8. The van der Waals surface area contributed by atoms with Gasteiger partial charge in [0.2, 0.25) is 5.91 Å². The van der Waals surface area contributed by atoms with E-state index in [1.807, 2.05) is 30.3 Å². The molecule has 0 aromatic heterocycles. The molecule has 1 fully saturated rings. The van der Waals surface area contributed by atoms with Crippen LogP contribution in [-0.2, 0) is 9.59 Å². The number of amides is 2. The van der Waals surface area contributed by atoms with E-state index >= 15 is 0 Å². The highest BCUT2D eigenvalue weighted by Gasteiger charge is 2.28. The number of rotatable bonds is 7. The van der Waals surface area contributed by atoms with Crippen molar-refractivity contribution >= 4 is 24.2 Å². The highest BCUT2D eigenvalue weighted by molar-refractivity contribution is 5.85. The van der Waals surface area contributed by atoms with Gasteiger partial charge in [-0.3, -0.25) is 9.59 Å². The van der Waals surface area contributed by atoms with E-state index in [0.717, 1.165) is 19.3 Å². The standard InChI is InChI=1S/C17H25N3O3.ClH/c18-9-5-10-19-17(22)14-6-4-11-20(12-14)16(21)13-23-15-7-2-1-3-8-15;/h1-3,7-8,14H,4-6,9-13,18H2,(H,19,22);1H. The Morgan fingerprint density at radius 1 is 1.29 bits per heavy atom. The molecule has 0 spiro atoms. The maximum Gasteiger partial charge on any atom is 0.260 e. The first-order chi connectivity index (χ1) is 11.2. The summed E-state index contributed by atoms with van der Waals surface area (Å²) in [6, 6.07) is 9.26. The third-order valence-electron chi connectivity index (χ3n) is 3.93. The first-order valence-electron chi connectivity index (χ1n) is 8.14. The lowest BCUT2D eigenvalue weighted by Crippen LogP contribution is -2.47. The second-order valence-corrected chi connectivity index (χ2v) is 5.71. The van der Waals surface area contributed by atoms with E-state index in [4.69, 9.17) is 10.5 Å². The molecule has 1 aliphatic heterocycles. The minimum absolute atomic E-state index is 0. The second-order valence-electron chi connectivity index (χ2n) is 5.71. The average molecular weight is 356 g/mol. The van der Waals surface area contributed by atoms with Gasteiger partial charge in [-0.1, -0.05) is 18.2 Å². The van der Waals surface area contributed by atoms with Crippen LogP contribution >= 0.6 is 12.4 Å². The molecule has 1 aromatic carbocycles. The van der Waals surface area contributed by atoms with E-state index in [0.29, 0.717) is 31.9 Å². The van der Waals surface area contributed by atoms with Crippen LogP contribution in [0.5, 0.6) is 5.75 Å². The van der Waals surface area contributed by atoms with Crippen LogP contribution in [0.25, 0.3) is 0 Å². The van der Waals surface area contributed by atoms with Crippen molar-refractivity contribution in [1.82, 2.24) is 10.2 Å². The minimum Gasteiger partial charge on any atom is -0.484 e. The predicted octanol–water partition coefficient (Wildman–Crippen LogP) is 1.19. The highest BCUT2D eigenvalue weighted by Crippen LogP contribution is 2.17. The Morgan fingerprint density at radius 3 is 2.75 bits per heavy atom. The van der Waals surface area contributed by atoms with Gasteiger partial charge in [0.05, 0.1) is 5.92 Å². The zero-order chi connectivity index (χ0) is 16.5. The third kappa shape index (κ3) is 6.37. The number of nitrogens with two attached hydrogens (primary N) is 1.